The van der Waals surface area contributed by atoms with E-state index in [1.54, 1.807) is 0 Å². The lowest BCUT2D eigenvalue weighted by atomic mass is 9.33. The molecule has 4 heteroatoms. The van der Waals surface area contributed by atoms with E-state index in [-0.39, 0.29) is 6.71 Å². The number of hydrogen-bond acceptors (Lipinski definition) is 0. The van der Waals surface area contributed by atoms with Gasteiger partial charge in [-0.3, -0.25) is 0 Å². The minimum Gasteiger partial charge on any atom is -0.311 e. The number of nitrogens with zero attached hydrogens (tertiary/aromatic N) is 2. The Morgan fingerprint density at radius 3 is 1.57 bits per heavy atom. The van der Waals surface area contributed by atoms with Gasteiger partial charge in [-0.25, -0.2) is 0 Å². The van der Waals surface area contributed by atoms with Crippen LogP contribution in [0.2, 0.25) is 0 Å². The normalized spacial score (nSPS) is 12.9. The van der Waals surface area contributed by atoms with Gasteiger partial charge < -0.3 is 9.13 Å². The molecule has 2 aromatic heterocycles. The Hall–Kier alpha value is -7.29. The molecule has 2 aliphatic heterocycles. The van der Waals surface area contributed by atoms with Gasteiger partial charge in [0.25, 0.3) is 0 Å². The van der Waals surface area contributed by atoms with Gasteiger partial charge >= 0.3 is 0 Å². The van der Waals surface area contributed by atoms with Crippen molar-refractivity contribution in [3.8, 4) is 33.6 Å². The zero-order valence-electron chi connectivity index (χ0n) is 31.4. The minimum atomic E-state index is -0.0603. The van der Waals surface area contributed by atoms with Crippen LogP contribution in [-0.2, 0) is 0 Å². The molecule has 0 atom stereocenters. The monoisotopic (exact) mass is 729 g/mol. The van der Waals surface area contributed by atoms with Gasteiger partial charge in [-0.05, 0) is 79.0 Å². The largest absolute Gasteiger partial charge is 0.311 e. The van der Waals surface area contributed by atoms with Crippen LogP contribution in [0, 0.1) is 0 Å². The van der Waals surface area contributed by atoms with Crippen molar-refractivity contribution in [2.45, 2.75) is 0 Å². The lowest BCUT2D eigenvalue weighted by molar-refractivity contribution is 1.16. The SMILES string of the molecule is [B]1c2cc(-n3c4ccccc4c4ccccc43)cc3c2-n2c4c1ccc1c5ccccc5c5ccc(c2c5c14)B3c1c(-c2ccccc2)cccc1-c1ccccc1. The van der Waals surface area contributed by atoms with Gasteiger partial charge in [-0.2, -0.15) is 0 Å². The van der Waals surface area contributed by atoms with E-state index in [0.29, 0.717) is 0 Å². The molecule has 2 aliphatic rings. The summed E-state index contributed by atoms with van der Waals surface area (Å²) >= 11 is 0. The molecule has 12 aromatic rings. The molecule has 263 valence electrons. The standard InChI is InChI=1S/C54H31B2N2/c1-3-14-32(15-4-1)35-22-13-23-36(33-16-5-2-6-17-33)51(35)56-45-29-27-42-38-19-8-7-18-37(38)41-26-28-43-53-49(41)50(42)54(45)58(53)52-44(55-43)30-34(31-46(52)56)57-47-24-11-9-20-39(47)40-21-10-12-25-48(40)57/h1-31H. The van der Waals surface area contributed by atoms with E-state index in [0.717, 1.165) is 0 Å². The molecule has 2 nitrogen and oxygen atoms in total. The number of rotatable bonds is 4. The third kappa shape index (κ3) is 3.85. The maximum atomic E-state index is 2.67. The highest BCUT2D eigenvalue weighted by Gasteiger charge is 2.41. The third-order valence-corrected chi connectivity index (χ3v) is 13.3. The number of para-hydroxylation sites is 2. The summed E-state index contributed by atoms with van der Waals surface area (Å²) in [5, 5.41) is 10.6. The fourth-order valence-corrected chi connectivity index (χ4v) is 11.1. The van der Waals surface area contributed by atoms with Crippen molar-refractivity contribution in [2.75, 3.05) is 0 Å². The van der Waals surface area contributed by atoms with Crippen LogP contribution in [0.3, 0.4) is 0 Å². The van der Waals surface area contributed by atoms with Crippen LogP contribution < -0.4 is 27.3 Å². The minimum absolute atomic E-state index is 0.0603. The summed E-state index contributed by atoms with van der Waals surface area (Å²) < 4.78 is 5.16. The first-order valence-electron chi connectivity index (χ1n) is 20.3. The summed E-state index contributed by atoms with van der Waals surface area (Å²) in [6.07, 6.45) is 0. The van der Waals surface area contributed by atoms with E-state index < -0.39 is 0 Å². The van der Waals surface area contributed by atoms with Crippen molar-refractivity contribution in [1.29, 1.82) is 0 Å². The molecule has 0 unspecified atom stereocenters. The van der Waals surface area contributed by atoms with E-state index in [1.807, 2.05) is 0 Å². The summed E-state index contributed by atoms with van der Waals surface area (Å²) in [5.41, 5.74) is 19.1. The quantitative estimate of drug-likeness (QED) is 0.126. The van der Waals surface area contributed by atoms with Crippen LogP contribution in [0.1, 0.15) is 0 Å². The Labute approximate surface area is 335 Å². The lowest BCUT2D eigenvalue weighted by Crippen LogP contribution is -2.59. The summed E-state index contributed by atoms with van der Waals surface area (Å²) in [7, 11) is 2.47. The smallest absolute Gasteiger partial charge is 0.248 e. The Kier molecular flexibility index (Phi) is 5.95. The molecule has 0 N–H and O–H groups in total. The van der Waals surface area contributed by atoms with Gasteiger partial charge in [0.05, 0.1) is 11.0 Å². The first-order valence-corrected chi connectivity index (χ1v) is 20.3. The molecule has 14 rings (SSSR count). The second-order valence-corrected chi connectivity index (χ2v) is 16.2. The van der Waals surface area contributed by atoms with Crippen LogP contribution in [0.15, 0.2) is 188 Å². The zero-order valence-corrected chi connectivity index (χ0v) is 31.4. The van der Waals surface area contributed by atoms with Gasteiger partial charge in [0.1, 0.15) is 0 Å². The fraction of sp³-hybridized carbons (Fsp3) is 0. The van der Waals surface area contributed by atoms with Crippen molar-refractivity contribution in [3.05, 3.63) is 188 Å². The summed E-state index contributed by atoms with van der Waals surface area (Å²) in [6, 6.07) is 70.4. The molecular weight excluding hydrogens is 698 g/mol. The van der Waals surface area contributed by atoms with E-state index in [9.17, 15) is 0 Å². The molecule has 1 radical (unpaired) electrons. The number of aromatic nitrogens is 2. The summed E-state index contributed by atoms with van der Waals surface area (Å²) in [4.78, 5) is 0. The molecule has 0 saturated heterocycles. The molecule has 0 spiro atoms. The van der Waals surface area contributed by atoms with E-state index in [1.165, 1.54) is 126 Å². The molecule has 0 fully saturated rings. The van der Waals surface area contributed by atoms with Crippen LogP contribution in [0.5, 0.6) is 0 Å². The average molecular weight is 729 g/mol. The average Bonchev–Trinajstić information content (AvgIpc) is 3.83. The van der Waals surface area contributed by atoms with Crippen molar-refractivity contribution in [2.24, 2.45) is 0 Å². The van der Waals surface area contributed by atoms with Crippen molar-refractivity contribution < 1.29 is 0 Å². The zero-order chi connectivity index (χ0) is 37.6. The van der Waals surface area contributed by atoms with Gasteiger partial charge in [0.15, 0.2) is 7.28 Å². The van der Waals surface area contributed by atoms with Gasteiger partial charge in [-0.1, -0.05) is 180 Å². The van der Waals surface area contributed by atoms with Crippen LogP contribution in [-0.4, -0.2) is 23.1 Å². The molecule has 58 heavy (non-hydrogen) atoms. The third-order valence-electron chi connectivity index (χ3n) is 13.3. The van der Waals surface area contributed by atoms with E-state index in [4.69, 9.17) is 0 Å². The summed E-state index contributed by atoms with van der Waals surface area (Å²) in [6.45, 7) is -0.0603. The maximum absolute atomic E-state index is 2.67. The highest BCUT2D eigenvalue weighted by molar-refractivity contribution is 7.00. The Balaban J connectivity index is 1.20. The van der Waals surface area contributed by atoms with Crippen molar-refractivity contribution in [1.82, 2.24) is 9.13 Å². The first kappa shape index (κ1) is 30.9. The van der Waals surface area contributed by atoms with Crippen molar-refractivity contribution >= 4 is 106 Å². The molecular formula is C54H31B2N2. The van der Waals surface area contributed by atoms with Gasteiger partial charge in [0, 0.05) is 44.0 Å². The van der Waals surface area contributed by atoms with Crippen LogP contribution in [0.4, 0.5) is 0 Å². The predicted octanol–water partition coefficient (Wildman–Crippen LogP) is 9.76. The Morgan fingerprint density at radius 1 is 0.379 bits per heavy atom. The molecule has 0 bridgehead atoms. The second-order valence-electron chi connectivity index (χ2n) is 16.2. The van der Waals surface area contributed by atoms with Crippen LogP contribution in [0.25, 0.3) is 98.8 Å². The molecule has 0 aliphatic carbocycles. The lowest BCUT2D eigenvalue weighted by Gasteiger charge is -2.34. The Bertz CT molecular complexity index is 3600. The highest BCUT2D eigenvalue weighted by Crippen LogP contribution is 2.44. The second kappa shape index (κ2) is 11.2. The van der Waals surface area contributed by atoms with E-state index >= 15 is 0 Å². The molecule has 0 saturated carbocycles. The van der Waals surface area contributed by atoms with Crippen molar-refractivity contribution in [3.63, 3.8) is 0 Å². The number of fused-ring (bicyclic) bond motifs is 6. The van der Waals surface area contributed by atoms with Crippen LogP contribution >= 0.6 is 0 Å². The fourth-order valence-electron chi connectivity index (χ4n) is 11.1. The molecule has 0 amide bonds. The highest BCUT2D eigenvalue weighted by atomic mass is 15.0. The molecule has 10 aromatic carbocycles. The van der Waals surface area contributed by atoms with E-state index in [2.05, 4.69) is 204 Å². The maximum Gasteiger partial charge on any atom is 0.248 e. The number of benzene rings is 10. The van der Waals surface area contributed by atoms with Gasteiger partial charge in [0.2, 0.25) is 6.71 Å². The van der Waals surface area contributed by atoms with Gasteiger partial charge in [-0.15, -0.1) is 0 Å². The Morgan fingerprint density at radius 2 is 0.931 bits per heavy atom. The predicted molar refractivity (Wildman–Crippen MR) is 248 cm³/mol. The number of hydrogen-bond donors (Lipinski definition) is 0. The summed E-state index contributed by atoms with van der Waals surface area (Å²) in [5.74, 6) is 0. The molecule has 4 heterocycles. The topological polar surface area (TPSA) is 9.86 Å². The first-order chi connectivity index (χ1) is 28.8.